The molecule has 3 nitrogen and oxygen atoms in total. The van der Waals surface area contributed by atoms with Gasteiger partial charge in [-0.3, -0.25) is 4.79 Å². The van der Waals surface area contributed by atoms with Gasteiger partial charge in [0.1, 0.15) is 12.4 Å². The lowest BCUT2D eigenvalue weighted by molar-refractivity contribution is -0.165. The maximum absolute atomic E-state index is 10.9. The van der Waals surface area contributed by atoms with Crippen LogP contribution in [0.2, 0.25) is 0 Å². The third-order valence-electron chi connectivity index (χ3n) is 2.81. The van der Waals surface area contributed by atoms with Crippen molar-refractivity contribution < 1.29 is 14.3 Å². The maximum Gasteiger partial charge on any atom is 0.306 e. The Kier molecular flexibility index (Phi) is 2.50. The van der Waals surface area contributed by atoms with Crippen LogP contribution < -0.4 is 0 Å². The molecular formula is C9H14O3. The van der Waals surface area contributed by atoms with Crippen LogP contribution in [0.25, 0.3) is 0 Å². The van der Waals surface area contributed by atoms with Crippen molar-refractivity contribution in [3.05, 3.63) is 0 Å². The zero-order valence-corrected chi connectivity index (χ0v) is 7.50. The van der Waals surface area contributed by atoms with E-state index in [4.69, 9.17) is 4.74 Å². The zero-order valence-electron chi connectivity index (χ0n) is 7.50. The fourth-order valence-electron chi connectivity index (χ4n) is 1.61. The fourth-order valence-corrected chi connectivity index (χ4v) is 1.61. The molecule has 0 saturated carbocycles. The van der Waals surface area contributed by atoms with Crippen LogP contribution >= 0.6 is 0 Å². The summed E-state index contributed by atoms with van der Waals surface area (Å²) in [4.78, 5) is 21.7. The first-order valence-corrected chi connectivity index (χ1v) is 4.30. The van der Waals surface area contributed by atoms with Crippen LogP contribution in [0.4, 0.5) is 0 Å². The Balaban J connectivity index is 2.76. The summed E-state index contributed by atoms with van der Waals surface area (Å²) in [6, 6.07) is 0. The molecule has 1 aliphatic heterocycles. The Morgan fingerprint density at radius 3 is 2.83 bits per heavy atom. The molecule has 1 rings (SSSR count). The molecule has 0 spiro atoms. The van der Waals surface area contributed by atoms with E-state index in [1.54, 1.807) is 6.92 Å². The molecule has 2 atom stereocenters. The molecule has 0 aromatic carbocycles. The van der Waals surface area contributed by atoms with Crippen LogP contribution in [0.1, 0.15) is 33.1 Å². The van der Waals surface area contributed by atoms with Gasteiger partial charge in [0.2, 0.25) is 0 Å². The van der Waals surface area contributed by atoms with Crippen LogP contribution in [0.5, 0.6) is 0 Å². The average Bonchev–Trinajstić information content (AvgIpc) is 2.06. The Morgan fingerprint density at radius 1 is 1.75 bits per heavy atom. The predicted molar refractivity (Wildman–Crippen MR) is 43.6 cm³/mol. The summed E-state index contributed by atoms with van der Waals surface area (Å²) in [5, 5.41) is 0. The number of carbonyl (C=O) groups is 2. The fraction of sp³-hybridized carbons (Fsp3) is 0.778. The van der Waals surface area contributed by atoms with E-state index < -0.39 is 5.41 Å². The molecule has 12 heavy (non-hydrogen) atoms. The summed E-state index contributed by atoms with van der Waals surface area (Å²) >= 11 is 0. The zero-order chi connectivity index (χ0) is 9.19. The molecule has 3 heteroatoms. The van der Waals surface area contributed by atoms with Crippen molar-refractivity contribution in [2.75, 3.05) is 0 Å². The Hall–Kier alpha value is -0.860. The van der Waals surface area contributed by atoms with Gasteiger partial charge in [0, 0.05) is 6.42 Å². The first-order chi connectivity index (χ1) is 5.64. The van der Waals surface area contributed by atoms with Crippen LogP contribution in [0.3, 0.4) is 0 Å². The van der Waals surface area contributed by atoms with E-state index in [0.717, 1.165) is 12.7 Å². The SMILES string of the molecule is CC[C@]1(C=O)CCC(=O)OC1C. The standard InChI is InChI=1S/C9H14O3/c1-3-9(6-10)5-4-8(11)12-7(9)2/h6-7H,3-5H2,1-2H3/t7?,9-/m1/s1. The molecule has 1 saturated heterocycles. The predicted octanol–water partition coefficient (Wildman–Crippen LogP) is 1.31. The van der Waals surface area contributed by atoms with Crippen LogP contribution in [0.15, 0.2) is 0 Å². The van der Waals surface area contributed by atoms with Crippen LogP contribution in [0, 0.1) is 5.41 Å². The van der Waals surface area contributed by atoms with E-state index in [2.05, 4.69) is 0 Å². The van der Waals surface area contributed by atoms with Gasteiger partial charge in [-0.2, -0.15) is 0 Å². The Bertz CT molecular complexity index is 200. The Morgan fingerprint density at radius 2 is 2.42 bits per heavy atom. The number of cyclic esters (lactones) is 1. The minimum absolute atomic E-state index is 0.187. The monoisotopic (exact) mass is 170 g/mol. The van der Waals surface area contributed by atoms with Gasteiger partial charge in [-0.15, -0.1) is 0 Å². The summed E-state index contributed by atoms with van der Waals surface area (Å²) in [5.41, 5.74) is -0.423. The molecule has 0 bridgehead atoms. The first-order valence-electron chi connectivity index (χ1n) is 4.30. The number of hydrogen-bond donors (Lipinski definition) is 0. The molecule has 0 radical (unpaired) electrons. The largest absolute Gasteiger partial charge is 0.462 e. The lowest BCUT2D eigenvalue weighted by Gasteiger charge is -2.36. The van der Waals surface area contributed by atoms with Gasteiger partial charge in [-0.05, 0) is 19.8 Å². The second kappa shape index (κ2) is 3.25. The molecular weight excluding hydrogens is 156 g/mol. The minimum Gasteiger partial charge on any atom is -0.462 e. The number of carbonyl (C=O) groups excluding carboxylic acids is 2. The third kappa shape index (κ3) is 1.36. The molecule has 0 amide bonds. The summed E-state index contributed by atoms with van der Waals surface area (Å²) in [6.07, 6.45) is 2.42. The van der Waals surface area contributed by atoms with Crippen molar-refractivity contribution in [1.29, 1.82) is 0 Å². The van der Waals surface area contributed by atoms with E-state index in [1.807, 2.05) is 6.92 Å². The van der Waals surface area contributed by atoms with E-state index >= 15 is 0 Å². The summed E-state index contributed by atoms with van der Waals surface area (Å²) in [6.45, 7) is 3.74. The van der Waals surface area contributed by atoms with Crippen LogP contribution in [-0.2, 0) is 14.3 Å². The van der Waals surface area contributed by atoms with E-state index in [1.165, 1.54) is 0 Å². The van der Waals surface area contributed by atoms with Gasteiger partial charge < -0.3 is 9.53 Å². The lowest BCUT2D eigenvalue weighted by Crippen LogP contribution is -2.42. The van der Waals surface area contributed by atoms with Gasteiger partial charge in [0.15, 0.2) is 0 Å². The van der Waals surface area contributed by atoms with E-state index in [0.29, 0.717) is 12.8 Å². The normalized spacial score (nSPS) is 35.8. The number of esters is 1. The summed E-state index contributed by atoms with van der Waals surface area (Å²) < 4.78 is 5.01. The van der Waals surface area contributed by atoms with Gasteiger partial charge in [-0.25, -0.2) is 0 Å². The molecule has 68 valence electrons. The number of ether oxygens (including phenoxy) is 1. The van der Waals surface area contributed by atoms with Gasteiger partial charge in [0.05, 0.1) is 5.41 Å². The van der Waals surface area contributed by atoms with Crippen molar-refractivity contribution in [3.63, 3.8) is 0 Å². The maximum atomic E-state index is 10.9. The highest BCUT2D eigenvalue weighted by Crippen LogP contribution is 2.35. The summed E-state index contributed by atoms with van der Waals surface area (Å²) in [5.74, 6) is -0.187. The molecule has 1 aliphatic rings. The third-order valence-corrected chi connectivity index (χ3v) is 2.81. The van der Waals surface area contributed by atoms with E-state index in [-0.39, 0.29) is 12.1 Å². The van der Waals surface area contributed by atoms with E-state index in [9.17, 15) is 9.59 Å². The quantitative estimate of drug-likeness (QED) is 0.463. The molecule has 1 unspecified atom stereocenters. The molecule has 1 heterocycles. The number of rotatable bonds is 2. The van der Waals surface area contributed by atoms with Crippen molar-refractivity contribution >= 4 is 12.3 Å². The highest BCUT2D eigenvalue weighted by atomic mass is 16.5. The molecule has 0 aromatic heterocycles. The molecule has 0 aromatic rings. The molecule has 0 N–H and O–H groups in total. The summed E-state index contributed by atoms with van der Waals surface area (Å²) in [7, 11) is 0. The number of aldehydes is 1. The lowest BCUT2D eigenvalue weighted by atomic mass is 9.76. The van der Waals surface area contributed by atoms with Gasteiger partial charge in [0.25, 0.3) is 0 Å². The second-order valence-corrected chi connectivity index (χ2v) is 3.34. The molecule has 0 aliphatic carbocycles. The minimum atomic E-state index is -0.423. The van der Waals surface area contributed by atoms with Gasteiger partial charge >= 0.3 is 5.97 Å². The highest BCUT2D eigenvalue weighted by molar-refractivity contribution is 5.73. The van der Waals surface area contributed by atoms with Crippen molar-refractivity contribution in [2.45, 2.75) is 39.2 Å². The smallest absolute Gasteiger partial charge is 0.306 e. The Labute approximate surface area is 72.1 Å². The second-order valence-electron chi connectivity index (χ2n) is 3.34. The van der Waals surface area contributed by atoms with Crippen molar-refractivity contribution in [3.8, 4) is 0 Å². The van der Waals surface area contributed by atoms with Crippen molar-refractivity contribution in [2.24, 2.45) is 5.41 Å². The van der Waals surface area contributed by atoms with Gasteiger partial charge in [-0.1, -0.05) is 6.92 Å². The highest BCUT2D eigenvalue weighted by Gasteiger charge is 2.40. The number of hydrogen-bond acceptors (Lipinski definition) is 3. The topological polar surface area (TPSA) is 43.4 Å². The molecule has 1 fully saturated rings. The first kappa shape index (κ1) is 9.23. The van der Waals surface area contributed by atoms with Crippen molar-refractivity contribution in [1.82, 2.24) is 0 Å². The average molecular weight is 170 g/mol. The van der Waals surface area contributed by atoms with Crippen LogP contribution in [-0.4, -0.2) is 18.4 Å².